The summed E-state index contributed by atoms with van der Waals surface area (Å²) in [5.74, 6) is -0.823. The van der Waals surface area contributed by atoms with Gasteiger partial charge in [0.15, 0.2) is 13.2 Å². The quantitative estimate of drug-likeness (QED) is 0.0586. The van der Waals surface area contributed by atoms with E-state index in [0.29, 0.717) is 33.2 Å². The van der Waals surface area contributed by atoms with Crippen molar-refractivity contribution >= 4 is 61.9 Å². The van der Waals surface area contributed by atoms with Crippen LogP contribution in [0, 0.1) is 27.7 Å². The molecule has 4 heterocycles. The first kappa shape index (κ1) is 54.7. The maximum Gasteiger partial charge on any atom is 0.508 e. The number of rotatable bonds is 18. The van der Waals surface area contributed by atoms with E-state index in [0.717, 1.165) is 0 Å². The average molecular weight is 1050 g/mol. The Balaban J connectivity index is 1.13. The minimum absolute atomic E-state index is 0.0944. The van der Waals surface area contributed by atoms with E-state index in [2.05, 4.69) is 19.9 Å². The number of aromatic nitrogens is 6. The minimum atomic E-state index is -4.59. The normalized spacial score (nSPS) is 12.9. The highest BCUT2D eigenvalue weighted by Crippen LogP contribution is 2.30. The number of pyridine rings is 2. The van der Waals surface area contributed by atoms with Crippen LogP contribution in [0.2, 0.25) is 0 Å². The topological polar surface area (TPSA) is 190 Å². The number of imidazole rings is 2. The predicted molar refractivity (Wildman–Crippen MR) is 253 cm³/mol. The Kier molecular flexibility index (Phi) is 17.4. The van der Waals surface area contributed by atoms with Gasteiger partial charge in [0.1, 0.15) is 24.7 Å². The SMILES string of the molecule is Cc1c(OCC(F)(F)F)ccnc1CS(=O)c1nc2c(C)cccc2n1C(=O)N(CCOC(=O)OCCN(C(=O)n1c(S(=O)Cc2nccc(OCC(F)(F)F)c2C)nc2c(C)cccc21)C(C)C)C(C)C. The van der Waals surface area contributed by atoms with E-state index < -0.39 is 77.5 Å². The van der Waals surface area contributed by atoms with Gasteiger partial charge in [-0.15, -0.1) is 0 Å². The number of halogens is 6. The van der Waals surface area contributed by atoms with E-state index >= 15 is 0 Å². The van der Waals surface area contributed by atoms with E-state index in [1.54, 1.807) is 77.9 Å². The van der Waals surface area contributed by atoms with Crippen molar-refractivity contribution in [1.82, 2.24) is 38.9 Å². The maximum absolute atomic E-state index is 14.4. The summed E-state index contributed by atoms with van der Waals surface area (Å²) < 4.78 is 129. The van der Waals surface area contributed by atoms with E-state index in [-0.39, 0.29) is 82.1 Å². The summed E-state index contributed by atoms with van der Waals surface area (Å²) in [4.78, 5) is 62.2. The molecular formula is C47H52F6N8O9S2. The van der Waals surface area contributed by atoms with Crippen LogP contribution < -0.4 is 9.47 Å². The molecule has 0 saturated heterocycles. The largest absolute Gasteiger partial charge is 0.508 e. The second kappa shape index (κ2) is 22.8. The first-order valence-corrected chi connectivity index (χ1v) is 24.9. The molecule has 0 saturated carbocycles. The van der Waals surface area contributed by atoms with Gasteiger partial charge in [-0.05, 0) is 90.8 Å². The zero-order chi connectivity index (χ0) is 52.8. The van der Waals surface area contributed by atoms with E-state index in [1.807, 2.05) is 0 Å². The maximum atomic E-state index is 14.4. The molecule has 4 aromatic heterocycles. The number of nitrogens with zero attached hydrogens (tertiary/aromatic N) is 8. The highest BCUT2D eigenvalue weighted by Gasteiger charge is 2.33. The molecule has 0 aliphatic rings. The fourth-order valence-electron chi connectivity index (χ4n) is 7.43. The number of hydrogen-bond acceptors (Lipinski definition) is 13. The first-order valence-electron chi connectivity index (χ1n) is 22.3. The molecule has 2 aromatic carbocycles. The summed E-state index contributed by atoms with van der Waals surface area (Å²) >= 11 is 0. The second-order valence-electron chi connectivity index (χ2n) is 17.0. The Morgan fingerprint density at radius 1 is 0.611 bits per heavy atom. The lowest BCUT2D eigenvalue weighted by Crippen LogP contribution is -2.43. The third kappa shape index (κ3) is 13.1. The van der Waals surface area contributed by atoms with Crippen molar-refractivity contribution in [3.63, 3.8) is 0 Å². The molecule has 6 aromatic rings. The molecule has 388 valence electrons. The lowest BCUT2D eigenvalue weighted by molar-refractivity contribution is -0.154. The number of carbonyl (C=O) groups is 3. The van der Waals surface area contributed by atoms with E-state index in [4.69, 9.17) is 18.9 Å². The molecule has 6 rings (SSSR count). The highest BCUT2D eigenvalue weighted by molar-refractivity contribution is 7.84. The molecule has 0 spiro atoms. The lowest BCUT2D eigenvalue weighted by atomic mass is 10.2. The molecule has 0 aliphatic heterocycles. The van der Waals surface area contributed by atoms with Gasteiger partial charge < -0.3 is 28.7 Å². The van der Waals surface area contributed by atoms with Crippen LogP contribution in [0.5, 0.6) is 11.5 Å². The second-order valence-corrected chi connectivity index (χ2v) is 19.7. The Morgan fingerprint density at radius 2 is 0.986 bits per heavy atom. The van der Waals surface area contributed by atoms with Crippen molar-refractivity contribution in [3.05, 3.63) is 94.6 Å². The zero-order valence-electron chi connectivity index (χ0n) is 40.4. The monoisotopic (exact) mass is 1050 g/mol. The first-order chi connectivity index (χ1) is 33.9. The predicted octanol–water partition coefficient (Wildman–Crippen LogP) is 9.12. The Bertz CT molecular complexity index is 2820. The van der Waals surface area contributed by atoms with E-state index in [9.17, 15) is 49.1 Å². The van der Waals surface area contributed by atoms with Gasteiger partial charge in [0.25, 0.3) is 0 Å². The van der Waals surface area contributed by atoms with Gasteiger partial charge in [0.2, 0.25) is 10.3 Å². The number of aryl methyl sites for hydroxylation is 2. The summed E-state index contributed by atoms with van der Waals surface area (Å²) in [5.41, 5.74) is 3.58. The molecule has 2 atom stereocenters. The van der Waals surface area contributed by atoms with Crippen LogP contribution in [0.15, 0.2) is 71.2 Å². The smallest absolute Gasteiger partial charge is 0.484 e. The van der Waals surface area contributed by atoms with Crippen LogP contribution in [0.4, 0.5) is 40.7 Å². The van der Waals surface area contributed by atoms with Crippen molar-refractivity contribution in [2.75, 3.05) is 39.5 Å². The van der Waals surface area contributed by atoms with Gasteiger partial charge in [0.05, 0.1) is 79.6 Å². The third-order valence-corrected chi connectivity index (χ3v) is 13.6. The van der Waals surface area contributed by atoms with Crippen molar-refractivity contribution in [1.29, 1.82) is 0 Å². The zero-order valence-corrected chi connectivity index (χ0v) is 42.1. The number of amides is 2. The fraction of sp³-hybridized carbons (Fsp3) is 0.426. The molecule has 17 nitrogen and oxygen atoms in total. The molecule has 0 aliphatic carbocycles. The summed E-state index contributed by atoms with van der Waals surface area (Å²) in [5, 5.41) is -0.287. The third-order valence-electron chi connectivity index (χ3n) is 11.2. The number of fused-ring (bicyclic) bond motifs is 2. The number of benzene rings is 2. The van der Waals surface area contributed by atoms with Crippen molar-refractivity contribution < 1.29 is 68.1 Å². The molecule has 0 bridgehead atoms. The van der Waals surface area contributed by atoms with Gasteiger partial charge in [-0.3, -0.25) is 18.4 Å². The van der Waals surface area contributed by atoms with Gasteiger partial charge in [0, 0.05) is 35.6 Å². The molecule has 0 fully saturated rings. The van der Waals surface area contributed by atoms with Crippen molar-refractivity contribution in [2.24, 2.45) is 0 Å². The number of ether oxygens (including phenoxy) is 4. The average Bonchev–Trinajstić information content (AvgIpc) is 3.90. The van der Waals surface area contributed by atoms with Crippen LogP contribution >= 0.6 is 0 Å². The molecule has 0 N–H and O–H groups in total. The Hall–Kier alpha value is -6.63. The van der Waals surface area contributed by atoms with Crippen molar-refractivity contribution in [2.45, 2.75) is 102 Å². The van der Waals surface area contributed by atoms with Gasteiger partial charge in [-0.2, -0.15) is 26.3 Å². The summed E-state index contributed by atoms with van der Waals surface area (Å²) in [6, 6.07) is 10.4. The molecular weight excluding hydrogens is 999 g/mol. The molecule has 0 radical (unpaired) electrons. The van der Waals surface area contributed by atoms with E-state index in [1.165, 1.54) is 57.3 Å². The highest BCUT2D eigenvalue weighted by atomic mass is 32.2. The van der Waals surface area contributed by atoms with Gasteiger partial charge >= 0.3 is 30.6 Å². The van der Waals surface area contributed by atoms with Crippen LogP contribution in [-0.2, 0) is 42.6 Å². The summed E-state index contributed by atoms with van der Waals surface area (Å²) in [6.45, 7) is 9.25. The standard InChI is InChI=1S/C47H52F6N8O9S2/c1-27(2)58(43(62)60-35-13-9-11-29(5)39(35)56-41(60)71(65)23-33-31(7)37(15-17-54-33)69-25-46(48,49)50)19-21-67-45(64)68-22-20-59(28(3)4)44(63)61-36-14-10-12-30(6)40(36)57-42(61)72(66)24-34-32(8)38(16-18-55-34)70-26-47(51,52)53/h9-18,27-28H,19-26H2,1-8H3. The van der Waals surface area contributed by atoms with Crippen LogP contribution in [0.1, 0.15) is 61.3 Å². The fourth-order valence-corrected chi connectivity index (χ4v) is 9.92. The lowest BCUT2D eigenvalue weighted by Gasteiger charge is -2.28. The summed E-state index contributed by atoms with van der Waals surface area (Å²) in [6.07, 6.45) is -7.83. The van der Waals surface area contributed by atoms with Crippen LogP contribution in [0.25, 0.3) is 22.1 Å². The molecule has 25 heteroatoms. The molecule has 72 heavy (non-hydrogen) atoms. The Labute approximate surface area is 414 Å². The van der Waals surface area contributed by atoms with Gasteiger partial charge in [-0.1, -0.05) is 24.3 Å². The molecule has 2 amide bonds. The minimum Gasteiger partial charge on any atom is -0.484 e. The van der Waals surface area contributed by atoms with Gasteiger partial charge in [-0.25, -0.2) is 33.5 Å². The van der Waals surface area contributed by atoms with Crippen molar-refractivity contribution in [3.8, 4) is 11.5 Å². The summed E-state index contributed by atoms with van der Waals surface area (Å²) in [7, 11) is -4.13. The van der Waals surface area contributed by atoms with Crippen LogP contribution in [-0.4, -0.2) is 129 Å². The number of carbonyl (C=O) groups excluding carboxylic acids is 3. The number of hydrogen-bond donors (Lipinski definition) is 0. The Morgan fingerprint density at radius 3 is 1.33 bits per heavy atom. The van der Waals surface area contributed by atoms with Crippen LogP contribution in [0.3, 0.4) is 0 Å². The number of alkyl halides is 6. The molecule has 2 unspecified atom stereocenters. The number of para-hydroxylation sites is 2.